The summed E-state index contributed by atoms with van der Waals surface area (Å²) in [5, 5.41) is 5.92. The molecule has 0 unspecified atom stereocenters. The van der Waals surface area contributed by atoms with Gasteiger partial charge in [-0.1, -0.05) is 37.6 Å². The van der Waals surface area contributed by atoms with Crippen molar-refractivity contribution in [2.75, 3.05) is 29.0 Å². The van der Waals surface area contributed by atoms with E-state index in [0.29, 0.717) is 34.1 Å². The van der Waals surface area contributed by atoms with E-state index >= 15 is 0 Å². The van der Waals surface area contributed by atoms with Crippen molar-refractivity contribution < 1.29 is 18.0 Å². The standard InChI is InChI=1S/C21H26ClN3O4S/c1-14(2)12-23-21(27)17-7-5-6-8-18(17)24-20(26)13-25(30(4,28)29)19-10-9-16(22)11-15(19)3/h5-11,14H,12-13H2,1-4H3,(H,23,27)(H,24,26). The number of benzene rings is 2. The lowest BCUT2D eigenvalue weighted by atomic mass is 10.1. The molecule has 7 nitrogen and oxygen atoms in total. The van der Waals surface area contributed by atoms with E-state index in [9.17, 15) is 18.0 Å². The number of nitrogens with zero attached hydrogens (tertiary/aromatic N) is 1. The first-order valence-corrected chi connectivity index (χ1v) is 11.6. The number of aryl methyl sites for hydroxylation is 1. The molecule has 30 heavy (non-hydrogen) atoms. The average molecular weight is 452 g/mol. The Morgan fingerprint density at radius 2 is 1.80 bits per heavy atom. The van der Waals surface area contributed by atoms with Gasteiger partial charge in [-0.3, -0.25) is 13.9 Å². The van der Waals surface area contributed by atoms with E-state index in [1.165, 1.54) is 0 Å². The molecule has 0 atom stereocenters. The number of halogens is 1. The van der Waals surface area contributed by atoms with Crippen LogP contribution in [0, 0.1) is 12.8 Å². The number of carbonyl (C=O) groups excluding carboxylic acids is 2. The molecule has 2 rings (SSSR count). The molecule has 9 heteroatoms. The van der Waals surface area contributed by atoms with Crippen molar-refractivity contribution in [3.63, 3.8) is 0 Å². The first-order valence-electron chi connectivity index (χ1n) is 9.40. The molecular weight excluding hydrogens is 426 g/mol. The normalized spacial score (nSPS) is 11.3. The van der Waals surface area contributed by atoms with Crippen LogP contribution in [0.1, 0.15) is 29.8 Å². The molecule has 2 amide bonds. The van der Waals surface area contributed by atoms with Gasteiger partial charge in [-0.15, -0.1) is 0 Å². The van der Waals surface area contributed by atoms with Crippen molar-refractivity contribution >= 4 is 44.8 Å². The first kappa shape index (κ1) is 23.7. The summed E-state index contributed by atoms with van der Waals surface area (Å²) in [5.41, 5.74) is 1.60. The summed E-state index contributed by atoms with van der Waals surface area (Å²) < 4.78 is 25.7. The van der Waals surface area contributed by atoms with Crippen molar-refractivity contribution in [3.8, 4) is 0 Å². The lowest BCUT2D eigenvalue weighted by Gasteiger charge is -2.24. The number of amides is 2. The summed E-state index contributed by atoms with van der Waals surface area (Å²) in [6, 6.07) is 11.3. The van der Waals surface area contributed by atoms with Gasteiger partial charge in [-0.25, -0.2) is 8.42 Å². The van der Waals surface area contributed by atoms with Crippen LogP contribution in [0.25, 0.3) is 0 Å². The Hall–Kier alpha value is -2.58. The molecule has 0 saturated heterocycles. The van der Waals surface area contributed by atoms with Gasteiger partial charge in [0.1, 0.15) is 6.54 Å². The number of carbonyl (C=O) groups is 2. The summed E-state index contributed by atoms with van der Waals surface area (Å²) in [5.74, 6) is -0.603. The highest BCUT2D eigenvalue weighted by Crippen LogP contribution is 2.25. The van der Waals surface area contributed by atoms with Crippen molar-refractivity contribution in [2.45, 2.75) is 20.8 Å². The molecule has 0 aliphatic rings. The number of anilines is 2. The van der Waals surface area contributed by atoms with Crippen LogP contribution >= 0.6 is 11.6 Å². The Balaban J connectivity index is 2.24. The van der Waals surface area contributed by atoms with Gasteiger partial charge in [0.15, 0.2) is 0 Å². The molecule has 0 fully saturated rings. The Morgan fingerprint density at radius 1 is 1.13 bits per heavy atom. The van der Waals surface area contributed by atoms with E-state index in [1.54, 1.807) is 49.4 Å². The third-order valence-electron chi connectivity index (χ3n) is 4.23. The van der Waals surface area contributed by atoms with Crippen LogP contribution in [0.15, 0.2) is 42.5 Å². The van der Waals surface area contributed by atoms with Crippen LogP contribution in [0.4, 0.5) is 11.4 Å². The van der Waals surface area contributed by atoms with E-state index in [-0.39, 0.29) is 11.8 Å². The van der Waals surface area contributed by atoms with E-state index in [0.717, 1.165) is 10.6 Å². The third kappa shape index (κ3) is 6.47. The topological polar surface area (TPSA) is 95.6 Å². The van der Waals surface area contributed by atoms with Gasteiger partial charge < -0.3 is 10.6 Å². The van der Waals surface area contributed by atoms with Gasteiger partial charge in [-0.05, 0) is 48.7 Å². The Labute approximate surface area is 182 Å². The number of hydrogen-bond donors (Lipinski definition) is 2. The van der Waals surface area contributed by atoms with E-state index < -0.39 is 22.5 Å². The smallest absolute Gasteiger partial charge is 0.253 e. The number of rotatable bonds is 8. The van der Waals surface area contributed by atoms with E-state index in [4.69, 9.17) is 11.6 Å². The van der Waals surface area contributed by atoms with Crippen LogP contribution in [-0.4, -0.2) is 39.6 Å². The van der Waals surface area contributed by atoms with Crippen molar-refractivity contribution in [3.05, 3.63) is 58.6 Å². The maximum Gasteiger partial charge on any atom is 0.253 e. The van der Waals surface area contributed by atoms with E-state index in [2.05, 4.69) is 10.6 Å². The van der Waals surface area contributed by atoms with Crippen LogP contribution in [0.5, 0.6) is 0 Å². The lowest BCUT2D eigenvalue weighted by Crippen LogP contribution is -2.38. The molecule has 2 N–H and O–H groups in total. The van der Waals surface area contributed by atoms with Crippen molar-refractivity contribution in [1.29, 1.82) is 0 Å². The van der Waals surface area contributed by atoms with Gasteiger partial charge in [0.2, 0.25) is 15.9 Å². The van der Waals surface area contributed by atoms with E-state index in [1.807, 2.05) is 13.8 Å². The highest BCUT2D eigenvalue weighted by molar-refractivity contribution is 7.92. The molecule has 162 valence electrons. The quantitative estimate of drug-likeness (QED) is 0.642. The maximum atomic E-state index is 12.7. The highest BCUT2D eigenvalue weighted by Gasteiger charge is 2.23. The predicted molar refractivity (Wildman–Crippen MR) is 121 cm³/mol. The molecule has 0 saturated carbocycles. The molecule has 0 aliphatic carbocycles. The zero-order chi connectivity index (χ0) is 22.5. The van der Waals surface area contributed by atoms with Crippen LogP contribution < -0.4 is 14.9 Å². The average Bonchev–Trinajstić information content (AvgIpc) is 2.64. The highest BCUT2D eigenvalue weighted by atomic mass is 35.5. The van der Waals surface area contributed by atoms with Gasteiger partial charge in [0, 0.05) is 11.6 Å². The number of hydrogen-bond acceptors (Lipinski definition) is 4. The minimum Gasteiger partial charge on any atom is -0.352 e. The second kappa shape index (κ2) is 9.95. The second-order valence-electron chi connectivity index (χ2n) is 7.40. The number of sulfonamides is 1. The minimum absolute atomic E-state index is 0.279. The third-order valence-corrected chi connectivity index (χ3v) is 5.59. The van der Waals surface area contributed by atoms with Gasteiger partial charge in [0.05, 0.1) is 23.2 Å². The Kier molecular flexibility index (Phi) is 7.86. The predicted octanol–water partition coefficient (Wildman–Crippen LogP) is 3.44. The molecular formula is C21H26ClN3O4S. The summed E-state index contributed by atoms with van der Waals surface area (Å²) in [6.45, 7) is 5.73. The monoisotopic (exact) mass is 451 g/mol. The largest absolute Gasteiger partial charge is 0.352 e. The first-order chi connectivity index (χ1) is 14.0. The Morgan fingerprint density at radius 3 is 2.40 bits per heavy atom. The van der Waals surface area contributed by atoms with Crippen molar-refractivity contribution in [1.82, 2.24) is 5.32 Å². The lowest BCUT2D eigenvalue weighted by molar-refractivity contribution is -0.114. The van der Waals surface area contributed by atoms with Gasteiger partial charge >= 0.3 is 0 Å². The fourth-order valence-electron chi connectivity index (χ4n) is 2.78. The van der Waals surface area contributed by atoms with Gasteiger partial charge in [0.25, 0.3) is 5.91 Å². The zero-order valence-electron chi connectivity index (χ0n) is 17.4. The Bertz CT molecular complexity index is 1040. The number of nitrogens with one attached hydrogen (secondary N) is 2. The SMILES string of the molecule is Cc1cc(Cl)ccc1N(CC(=O)Nc1ccccc1C(=O)NCC(C)C)S(C)(=O)=O. The molecule has 0 heterocycles. The minimum atomic E-state index is -3.74. The fourth-order valence-corrected chi connectivity index (χ4v) is 3.92. The van der Waals surface area contributed by atoms with Crippen LogP contribution in [-0.2, 0) is 14.8 Å². The summed E-state index contributed by atoms with van der Waals surface area (Å²) in [7, 11) is -3.74. The molecule has 0 bridgehead atoms. The van der Waals surface area contributed by atoms with Crippen LogP contribution in [0.2, 0.25) is 5.02 Å². The second-order valence-corrected chi connectivity index (χ2v) is 9.74. The summed E-state index contributed by atoms with van der Waals surface area (Å²) in [4.78, 5) is 25.1. The molecule has 0 aliphatic heterocycles. The molecule has 2 aromatic rings. The molecule has 0 spiro atoms. The van der Waals surface area contributed by atoms with Crippen LogP contribution in [0.3, 0.4) is 0 Å². The molecule has 0 radical (unpaired) electrons. The van der Waals surface area contributed by atoms with Crippen molar-refractivity contribution in [2.24, 2.45) is 5.92 Å². The summed E-state index contributed by atoms with van der Waals surface area (Å²) >= 11 is 5.96. The number of para-hydroxylation sites is 1. The molecule has 0 aromatic heterocycles. The zero-order valence-corrected chi connectivity index (χ0v) is 19.0. The maximum absolute atomic E-state index is 12.7. The summed E-state index contributed by atoms with van der Waals surface area (Å²) in [6.07, 6.45) is 1.03. The molecule has 2 aromatic carbocycles. The van der Waals surface area contributed by atoms with Gasteiger partial charge in [-0.2, -0.15) is 0 Å². The fraction of sp³-hybridized carbons (Fsp3) is 0.333.